The Morgan fingerprint density at radius 2 is 2.10 bits per heavy atom. The lowest BCUT2D eigenvalue weighted by Gasteiger charge is -2.18. The number of nitrogens with one attached hydrogen (secondary N) is 3. The number of hydrogen-bond donors (Lipinski definition) is 6. The lowest BCUT2D eigenvalue weighted by atomic mass is 10.1. The fraction of sp³-hybridized carbons (Fsp3) is 0.455. The van der Waals surface area contributed by atoms with Crippen molar-refractivity contribution < 1.29 is 24.6 Å². The second-order valence-corrected chi connectivity index (χ2v) is 4.24. The van der Waals surface area contributed by atoms with Gasteiger partial charge in [-0.15, -0.1) is 0 Å². The van der Waals surface area contributed by atoms with E-state index in [9.17, 15) is 14.4 Å². The summed E-state index contributed by atoms with van der Waals surface area (Å²) >= 11 is 0. The number of aliphatic hydroxyl groups excluding tert-OH is 1. The Labute approximate surface area is 119 Å². The van der Waals surface area contributed by atoms with Crippen LogP contribution in [-0.4, -0.2) is 63.2 Å². The summed E-state index contributed by atoms with van der Waals surface area (Å²) in [5.74, 6) is -2.68. The molecular weight excluding hydrogens is 282 g/mol. The summed E-state index contributed by atoms with van der Waals surface area (Å²) in [6.45, 7) is -1.28. The molecule has 0 saturated carbocycles. The number of H-pyrrole nitrogens is 1. The van der Waals surface area contributed by atoms with Crippen molar-refractivity contribution in [2.24, 2.45) is 5.73 Å². The second-order valence-electron chi connectivity index (χ2n) is 4.24. The molecule has 0 bridgehead atoms. The van der Waals surface area contributed by atoms with Gasteiger partial charge in [-0.3, -0.25) is 14.4 Å². The maximum atomic E-state index is 11.8. The van der Waals surface area contributed by atoms with E-state index < -0.39 is 43.0 Å². The first-order chi connectivity index (χ1) is 9.93. The van der Waals surface area contributed by atoms with Gasteiger partial charge < -0.3 is 31.6 Å². The van der Waals surface area contributed by atoms with E-state index in [0.717, 1.165) is 0 Å². The number of carbonyl (C=O) groups excluding carboxylic acids is 2. The molecule has 2 amide bonds. The molecule has 21 heavy (non-hydrogen) atoms. The number of carboxylic acid groups (broad SMARTS) is 1. The van der Waals surface area contributed by atoms with Crippen LogP contribution in [0.5, 0.6) is 0 Å². The van der Waals surface area contributed by atoms with E-state index in [-0.39, 0.29) is 6.42 Å². The molecule has 7 N–H and O–H groups in total. The van der Waals surface area contributed by atoms with Gasteiger partial charge in [0.1, 0.15) is 12.6 Å². The number of aliphatic carboxylic acids is 1. The zero-order valence-corrected chi connectivity index (χ0v) is 11.1. The molecule has 0 radical (unpaired) electrons. The van der Waals surface area contributed by atoms with Gasteiger partial charge in [-0.25, -0.2) is 4.98 Å². The van der Waals surface area contributed by atoms with Crippen molar-refractivity contribution in [1.82, 2.24) is 20.6 Å². The van der Waals surface area contributed by atoms with Crippen LogP contribution in [0.25, 0.3) is 0 Å². The number of rotatable bonds is 8. The van der Waals surface area contributed by atoms with Crippen molar-refractivity contribution in [3.8, 4) is 0 Å². The van der Waals surface area contributed by atoms with Crippen LogP contribution in [-0.2, 0) is 20.8 Å². The number of aliphatic hydroxyl groups is 1. The third-order valence-electron chi connectivity index (χ3n) is 2.56. The Morgan fingerprint density at radius 1 is 1.38 bits per heavy atom. The number of aromatic nitrogens is 2. The predicted octanol–water partition coefficient (Wildman–Crippen LogP) is -3.04. The minimum Gasteiger partial charge on any atom is -0.480 e. The van der Waals surface area contributed by atoms with Crippen LogP contribution in [0.15, 0.2) is 12.5 Å². The molecule has 0 spiro atoms. The van der Waals surface area contributed by atoms with E-state index in [2.05, 4.69) is 20.6 Å². The van der Waals surface area contributed by atoms with Crippen molar-refractivity contribution in [3.63, 3.8) is 0 Å². The van der Waals surface area contributed by atoms with Crippen molar-refractivity contribution >= 4 is 17.8 Å². The first-order valence-electron chi connectivity index (χ1n) is 6.07. The summed E-state index contributed by atoms with van der Waals surface area (Å²) in [7, 11) is 0. The van der Waals surface area contributed by atoms with E-state index in [4.69, 9.17) is 15.9 Å². The molecule has 0 aliphatic rings. The normalized spacial score (nSPS) is 13.2. The molecule has 0 aliphatic heterocycles. The third kappa shape index (κ3) is 5.58. The zero-order valence-electron chi connectivity index (χ0n) is 11.1. The van der Waals surface area contributed by atoms with Gasteiger partial charge in [0.2, 0.25) is 11.8 Å². The van der Waals surface area contributed by atoms with Crippen molar-refractivity contribution in [1.29, 1.82) is 0 Å². The van der Waals surface area contributed by atoms with Gasteiger partial charge in [-0.1, -0.05) is 0 Å². The lowest BCUT2D eigenvalue weighted by molar-refractivity contribution is -0.138. The zero-order chi connectivity index (χ0) is 15.8. The first kappa shape index (κ1) is 16.6. The van der Waals surface area contributed by atoms with Crippen LogP contribution >= 0.6 is 0 Å². The maximum Gasteiger partial charge on any atom is 0.322 e. The predicted molar refractivity (Wildman–Crippen MR) is 69.9 cm³/mol. The number of nitrogens with zero attached hydrogens (tertiary/aromatic N) is 1. The smallest absolute Gasteiger partial charge is 0.322 e. The summed E-state index contributed by atoms with van der Waals surface area (Å²) in [6, 6.07) is -2.20. The topological polar surface area (TPSA) is 170 Å². The molecule has 116 valence electrons. The Bertz CT molecular complexity index is 489. The fourth-order valence-electron chi connectivity index (χ4n) is 1.48. The van der Waals surface area contributed by atoms with Crippen LogP contribution in [0.3, 0.4) is 0 Å². The van der Waals surface area contributed by atoms with E-state index in [1.807, 2.05) is 0 Å². The van der Waals surface area contributed by atoms with Crippen molar-refractivity contribution in [2.45, 2.75) is 18.5 Å². The molecular formula is C11H17N5O5. The molecule has 1 aromatic heterocycles. The molecule has 0 saturated heterocycles. The minimum atomic E-state index is -1.26. The van der Waals surface area contributed by atoms with E-state index >= 15 is 0 Å². The number of imidazole rings is 1. The van der Waals surface area contributed by atoms with Crippen LogP contribution in [0.4, 0.5) is 0 Å². The van der Waals surface area contributed by atoms with Gasteiger partial charge in [-0.2, -0.15) is 0 Å². The highest BCUT2D eigenvalue weighted by Crippen LogP contribution is 1.97. The van der Waals surface area contributed by atoms with Crippen LogP contribution in [0.2, 0.25) is 0 Å². The number of aromatic amines is 1. The van der Waals surface area contributed by atoms with Crippen LogP contribution in [0, 0.1) is 0 Å². The quantitative estimate of drug-likeness (QED) is 0.296. The Hall–Kier alpha value is -2.46. The number of nitrogens with two attached hydrogens (primary N) is 1. The summed E-state index contributed by atoms with van der Waals surface area (Å²) in [5.41, 5.74) is 6.31. The van der Waals surface area contributed by atoms with Gasteiger partial charge >= 0.3 is 5.97 Å². The molecule has 1 heterocycles. The van der Waals surface area contributed by atoms with Gasteiger partial charge in [0.15, 0.2) is 0 Å². The van der Waals surface area contributed by atoms with Crippen LogP contribution in [0.1, 0.15) is 5.69 Å². The molecule has 0 aromatic carbocycles. The monoisotopic (exact) mass is 299 g/mol. The molecule has 1 rings (SSSR count). The van der Waals surface area contributed by atoms with Gasteiger partial charge in [0.25, 0.3) is 0 Å². The molecule has 0 aliphatic carbocycles. The Morgan fingerprint density at radius 3 is 2.62 bits per heavy atom. The first-order valence-corrected chi connectivity index (χ1v) is 6.07. The Kier molecular flexibility index (Phi) is 6.30. The van der Waals surface area contributed by atoms with Gasteiger partial charge in [0.05, 0.1) is 19.0 Å². The average Bonchev–Trinajstić information content (AvgIpc) is 2.94. The van der Waals surface area contributed by atoms with Crippen molar-refractivity contribution in [2.75, 3.05) is 13.2 Å². The fourth-order valence-corrected chi connectivity index (χ4v) is 1.48. The lowest BCUT2D eigenvalue weighted by Crippen LogP contribution is -2.54. The Balaban J connectivity index is 2.49. The standard InChI is InChI=1S/C11H17N5O5/c12-7(1-6-2-13-5-15-6)10(20)16-8(4-17)11(21)14-3-9(18)19/h2,5,7-8,17H,1,3-4,12H2,(H,13,15)(H,14,21)(H,16,20)(H,18,19). The molecule has 2 unspecified atom stereocenters. The molecule has 1 aromatic rings. The maximum absolute atomic E-state index is 11.8. The number of amides is 2. The SMILES string of the molecule is NC(Cc1cnc[nH]1)C(=O)NC(CO)C(=O)NCC(=O)O. The van der Waals surface area contributed by atoms with Crippen molar-refractivity contribution in [3.05, 3.63) is 18.2 Å². The van der Waals surface area contributed by atoms with Gasteiger partial charge in [-0.05, 0) is 0 Å². The molecule has 0 fully saturated rings. The highest BCUT2D eigenvalue weighted by Gasteiger charge is 2.23. The number of carbonyl (C=O) groups is 3. The van der Waals surface area contributed by atoms with E-state index in [1.165, 1.54) is 12.5 Å². The van der Waals surface area contributed by atoms with Gasteiger partial charge in [0, 0.05) is 18.3 Å². The highest BCUT2D eigenvalue weighted by molar-refractivity contribution is 5.91. The summed E-state index contributed by atoms with van der Waals surface area (Å²) in [4.78, 5) is 40.2. The largest absolute Gasteiger partial charge is 0.480 e. The second kappa shape index (κ2) is 7.97. The highest BCUT2D eigenvalue weighted by atomic mass is 16.4. The molecule has 2 atom stereocenters. The number of carboxylic acids is 1. The van der Waals surface area contributed by atoms with E-state index in [0.29, 0.717) is 5.69 Å². The average molecular weight is 299 g/mol. The molecule has 10 nitrogen and oxygen atoms in total. The number of hydrogen-bond acceptors (Lipinski definition) is 6. The molecule has 10 heteroatoms. The van der Waals surface area contributed by atoms with E-state index in [1.54, 1.807) is 0 Å². The summed E-state index contributed by atoms with van der Waals surface area (Å²) < 4.78 is 0. The summed E-state index contributed by atoms with van der Waals surface area (Å²) in [6.07, 6.45) is 3.13. The summed E-state index contributed by atoms with van der Waals surface area (Å²) in [5, 5.41) is 21.8. The van der Waals surface area contributed by atoms with Crippen LogP contribution < -0.4 is 16.4 Å². The minimum absolute atomic E-state index is 0.181. The third-order valence-corrected chi connectivity index (χ3v) is 2.56.